The van der Waals surface area contributed by atoms with E-state index in [0.717, 1.165) is 12.1 Å². The van der Waals surface area contributed by atoms with Crippen molar-refractivity contribution >= 4 is 27.3 Å². The zero-order valence-electron chi connectivity index (χ0n) is 13.7. The summed E-state index contributed by atoms with van der Waals surface area (Å²) in [4.78, 5) is 2.53. The molecule has 0 bridgehead atoms. The molecule has 0 saturated carbocycles. The molecule has 2 aromatic rings. The van der Waals surface area contributed by atoms with Crippen LogP contribution in [0.2, 0.25) is 5.02 Å². The number of anilines is 1. The molecular formula is C18H21ClN2O2S. The molecule has 0 atom stereocenters. The lowest BCUT2D eigenvalue weighted by molar-refractivity contribution is 0.385. The van der Waals surface area contributed by atoms with Crippen LogP contribution in [0.25, 0.3) is 0 Å². The van der Waals surface area contributed by atoms with Crippen molar-refractivity contribution in [1.82, 2.24) is 4.31 Å². The number of rotatable bonds is 4. The van der Waals surface area contributed by atoms with Gasteiger partial charge in [0.15, 0.2) is 0 Å². The largest absolute Gasteiger partial charge is 0.369 e. The maximum Gasteiger partial charge on any atom is 0.243 e. The van der Waals surface area contributed by atoms with Gasteiger partial charge in [-0.2, -0.15) is 4.31 Å². The number of sulfonamides is 1. The van der Waals surface area contributed by atoms with Crippen molar-refractivity contribution in [3.8, 4) is 0 Å². The fourth-order valence-corrected chi connectivity index (χ4v) is 4.43. The first kappa shape index (κ1) is 17.3. The summed E-state index contributed by atoms with van der Waals surface area (Å²) in [5.41, 5.74) is 2.46. The Kier molecular flexibility index (Phi) is 5.13. The molecule has 0 aromatic heterocycles. The van der Waals surface area contributed by atoms with Crippen LogP contribution in [0.1, 0.15) is 12.5 Å². The maximum atomic E-state index is 12.7. The lowest BCUT2D eigenvalue weighted by Gasteiger charge is -2.35. The standard InChI is InChI=1S/C18H21ClN2O2S/c1-2-15-3-7-17(8-4-15)20-11-13-21(14-12-20)24(22,23)18-9-5-16(19)6-10-18/h3-10H,2,11-14H2,1H3. The summed E-state index contributed by atoms with van der Waals surface area (Å²) in [7, 11) is -3.45. The van der Waals surface area contributed by atoms with E-state index in [-0.39, 0.29) is 0 Å². The van der Waals surface area contributed by atoms with Gasteiger partial charge in [0, 0.05) is 36.9 Å². The van der Waals surface area contributed by atoms with Gasteiger partial charge in [0.1, 0.15) is 0 Å². The number of aryl methyl sites for hydroxylation is 1. The van der Waals surface area contributed by atoms with E-state index in [1.54, 1.807) is 28.6 Å². The van der Waals surface area contributed by atoms with E-state index in [1.807, 2.05) is 0 Å². The van der Waals surface area contributed by atoms with E-state index in [1.165, 1.54) is 5.56 Å². The molecular weight excluding hydrogens is 344 g/mol. The molecule has 1 saturated heterocycles. The van der Waals surface area contributed by atoms with Crippen molar-refractivity contribution < 1.29 is 8.42 Å². The molecule has 2 aromatic carbocycles. The van der Waals surface area contributed by atoms with Crippen LogP contribution >= 0.6 is 11.6 Å². The molecule has 0 amide bonds. The van der Waals surface area contributed by atoms with Crippen LogP contribution in [0.15, 0.2) is 53.4 Å². The van der Waals surface area contributed by atoms with Crippen LogP contribution in [0.5, 0.6) is 0 Å². The van der Waals surface area contributed by atoms with E-state index in [2.05, 4.69) is 36.1 Å². The van der Waals surface area contributed by atoms with E-state index in [9.17, 15) is 8.42 Å². The third-order valence-corrected chi connectivity index (χ3v) is 6.56. The van der Waals surface area contributed by atoms with Gasteiger partial charge in [-0.05, 0) is 48.4 Å². The van der Waals surface area contributed by atoms with Gasteiger partial charge in [-0.3, -0.25) is 0 Å². The third kappa shape index (κ3) is 3.58. The Morgan fingerprint density at radius 3 is 2.04 bits per heavy atom. The van der Waals surface area contributed by atoms with Gasteiger partial charge in [0.2, 0.25) is 10.0 Å². The number of halogens is 1. The molecule has 4 nitrogen and oxygen atoms in total. The summed E-state index contributed by atoms with van der Waals surface area (Å²) in [6.07, 6.45) is 1.02. The minimum Gasteiger partial charge on any atom is -0.369 e. The predicted octanol–water partition coefficient (Wildman–Crippen LogP) is 3.41. The number of benzene rings is 2. The second kappa shape index (κ2) is 7.13. The zero-order chi connectivity index (χ0) is 17.2. The van der Waals surface area contributed by atoms with Gasteiger partial charge in [-0.25, -0.2) is 8.42 Å². The zero-order valence-corrected chi connectivity index (χ0v) is 15.2. The van der Waals surface area contributed by atoms with E-state index < -0.39 is 10.0 Å². The summed E-state index contributed by atoms with van der Waals surface area (Å²) in [6, 6.07) is 14.8. The van der Waals surface area contributed by atoms with Gasteiger partial charge in [0.25, 0.3) is 0 Å². The van der Waals surface area contributed by atoms with Crippen molar-refractivity contribution in [3.05, 3.63) is 59.1 Å². The first-order valence-corrected chi connectivity index (χ1v) is 9.92. The highest BCUT2D eigenvalue weighted by atomic mass is 35.5. The fraction of sp³-hybridized carbons (Fsp3) is 0.333. The Morgan fingerprint density at radius 2 is 1.50 bits per heavy atom. The summed E-state index contributed by atoms with van der Waals surface area (Å²) < 4.78 is 26.9. The average molecular weight is 365 g/mol. The third-order valence-electron chi connectivity index (χ3n) is 4.40. The van der Waals surface area contributed by atoms with Gasteiger partial charge >= 0.3 is 0 Å². The second-order valence-corrected chi connectivity index (χ2v) is 8.24. The van der Waals surface area contributed by atoms with Crippen molar-refractivity contribution in [2.24, 2.45) is 0 Å². The summed E-state index contributed by atoms with van der Waals surface area (Å²) >= 11 is 5.84. The summed E-state index contributed by atoms with van der Waals surface area (Å²) in [5, 5.41) is 0.536. The molecule has 0 radical (unpaired) electrons. The molecule has 6 heteroatoms. The molecule has 0 aliphatic carbocycles. The van der Waals surface area contributed by atoms with E-state index in [0.29, 0.717) is 36.1 Å². The first-order valence-electron chi connectivity index (χ1n) is 8.10. The van der Waals surface area contributed by atoms with Gasteiger partial charge in [-0.15, -0.1) is 0 Å². The molecule has 1 fully saturated rings. The highest BCUT2D eigenvalue weighted by Crippen LogP contribution is 2.22. The molecule has 0 spiro atoms. The molecule has 128 valence electrons. The quantitative estimate of drug-likeness (QED) is 0.834. The van der Waals surface area contributed by atoms with E-state index >= 15 is 0 Å². The Hall–Kier alpha value is -1.56. The molecule has 3 rings (SSSR count). The van der Waals surface area contributed by atoms with Crippen molar-refractivity contribution in [2.75, 3.05) is 31.1 Å². The first-order chi connectivity index (χ1) is 11.5. The summed E-state index contributed by atoms with van der Waals surface area (Å²) in [6.45, 7) is 4.49. The number of hydrogen-bond donors (Lipinski definition) is 0. The predicted molar refractivity (Wildman–Crippen MR) is 98.2 cm³/mol. The normalized spacial score (nSPS) is 16.3. The SMILES string of the molecule is CCc1ccc(N2CCN(S(=O)(=O)c3ccc(Cl)cc3)CC2)cc1. The number of piperazine rings is 1. The van der Waals surface area contributed by atoms with Gasteiger partial charge in [-0.1, -0.05) is 30.7 Å². The van der Waals surface area contributed by atoms with Crippen LogP contribution in [0.4, 0.5) is 5.69 Å². The van der Waals surface area contributed by atoms with Crippen molar-refractivity contribution in [1.29, 1.82) is 0 Å². The molecule has 1 heterocycles. The molecule has 1 aliphatic rings. The lowest BCUT2D eigenvalue weighted by Crippen LogP contribution is -2.48. The smallest absolute Gasteiger partial charge is 0.243 e. The average Bonchev–Trinajstić information content (AvgIpc) is 2.62. The Balaban J connectivity index is 1.68. The van der Waals surface area contributed by atoms with Crippen LogP contribution in [0.3, 0.4) is 0 Å². The Bertz CT molecular complexity index is 781. The Morgan fingerprint density at radius 1 is 0.917 bits per heavy atom. The van der Waals surface area contributed by atoms with Crippen molar-refractivity contribution in [2.45, 2.75) is 18.2 Å². The van der Waals surface area contributed by atoms with E-state index in [4.69, 9.17) is 11.6 Å². The molecule has 0 N–H and O–H groups in total. The number of hydrogen-bond acceptors (Lipinski definition) is 3. The lowest BCUT2D eigenvalue weighted by atomic mass is 10.1. The molecule has 0 unspecified atom stereocenters. The monoisotopic (exact) mass is 364 g/mol. The topological polar surface area (TPSA) is 40.6 Å². The molecule has 24 heavy (non-hydrogen) atoms. The Labute approximate surface area is 148 Å². The number of nitrogens with zero attached hydrogens (tertiary/aromatic N) is 2. The minimum atomic E-state index is -3.45. The van der Waals surface area contributed by atoms with Crippen LogP contribution in [-0.4, -0.2) is 38.9 Å². The minimum absolute atomic E-state index is 0.299. The maximum absolute atomic E-state index is 12.7. The van der Waals surface area contributed by atoms with Crippen LogP contribution in [-0.2, 0) is 16.4 Å². The highest BCUT2D eigenvalue weighted by molar-refractivity contribution is 7.89. The van der Waals surface area contributed by atoms with Crippen LogP contribution < -0.4 is 4.90 Å². The molecule has 1 aliphatic heterocycles. The van der Waals surface area contributed by atoms with Crippen molar-refractivity contribution in [3.63, 3.8) is 0 Å². The van der Waals surface area contributed by atoms with Gasteiger partial charge < -0.3 is 4.90 Å². The second-order valence-electron chi connectivity index (χ2n) is 5.87. The summed E-state index contributed by atoms with van der Waals surface area (Å²) in [5.74, 6) is 0. The fourth-order valence-electron chi connectivity index (χ4n) is 2.88. The van der Waals surface area contributed by atoms with Crippen LogP contribution in [0, 0.1) is 0 Å². The van der Waals surface area contributed by atoms with Gasteiger partial charge in [0.05, 0.1) is 4.90 Å². The highest BCUT2D eigenvalue weighted by Gasteiger charge is 2.28.